The number of amides is 1. The fourth-order valence-electron chi connectivity index (χ4n) is 7.71. The van der Waals surface area contributed by atoms with Crippen LogP contribution in [0.25, 0.3) is 21.9 Å². The maximum absolute atomic E-state index is 14.1. The second-order valence-electron chi connectivity index (χ2n) is 17.3. The van der Waals surface area contributed by atoms with E-state index in [0.29, 0.717) is 22.7 Å². The highest BCUT2D eigenvalue weighted by atomic mass is 31.1. The topological polar surface area (TPSA) is 133 Å². The lowest BCUT2D eigenvalue weighted by Crippen LogP contribution is -2.68. The van der Waals surface area contributed by atoms with Gasteiger partial charge < -0.3 is 42.1 Å². The minimum absolute atomic E-state index is 0.156. The van der Waals surface area contributed by atoms with E-state index in [0.717, 1.165) is 33.0 Å². The van der Waals surface area contributed by atoms with Gasteiger partial charge >= 0.3 is 8.24 Å². The minimum Gasteiger partial charge on any atom is -0.497 e. The van der Waals surface area contributed by atoms with Gasteiger partial charge in [0, 0.05) is 33.7 Å². The maximum Gasteiger partial charge on any atom is 0.387 e. The lowest BCUT2D eigenvalue weighted by molar-refractivity contribution is -0.339. The zero-order valence-electron chi connectivity index (χ0n) is 35.7. The van der Waals surface area contributed by atoms with E-state index in [1.807, 2.05) is 84.9 Å². The number of methoxy groups -OCH3 is 2. The highest BCUT2D eigenvalue weighted by Crippen LogP contribution is 2.46. The van der Waals surface area contributed by atoms with E-state index in [9.17, 15) is 4.79 Å². The Balaban J connectivity index is 1.34. The van der Waals surface area contributed by atoms with Gasteiger partial charge in [0.2, 0.25) is 0 Å². The van der Waals surface area contributed by atoms with Crippen LogP contribution in [-0.2, 0) is 36.4 Å². The fourth-order valence-corrected chi connectivity index (χ4v) is 8.97. The zero-order valence-corrected chi connectivity index (χ0v) is 36.6. The maximum atomic E-state index is 14.1. The Kier molecular flexibility index (Phi) is 12.3. The summed E-state index contributed by atoms with van der Waals surface area (Å²) in [7, 11) is 0.996. The second kappa shape index (κ2) is 17.6. The van der Waals surface area contributed by atoms with Crippen molar-refractivity contribution in [3.05, 3.63) is 137 Å². The van der Waals surface area contributed by atoms with Gasteiger partial charge in [-0.1, -0.05) is 108 Å². The highest BCUT2D eigenvalue weighted by molar-refractivity contribution is 7.31. The summed E-state index contributed by atoms with van der Waals surface area (Å²) in [5.74, 6) is 0.878. The van der Waals surface area contributed by atoms with Crippen molar-refractivity contribution in [2.24, 2.45) is 0 Å². The van der Waals surface area contributed by atoms with Gasteiger partial charge in [-0.15, -0.1) is 0 Å². The summed E-state index contributed by atoms with van der Waals surface area (Å²) in [5.41, 5.74) is 4.08. The van der Waals surface area contributed by atoms with E-state index in [4.69, 9.17) is 41.3 Å². The Hall–Kier alpha value is -5.20. The molecule has 2 aromatic heterocycles. The number of pyridine rings is 1. The number of hydrogen-bond donors (Lipinski definition) is 1. The third kappa shape index (κ3) is 9.21. The van der Waals surface area contributed by atoms with Crippen molar-refractivity contribution >= 4 is 36.1 Å². The Morgan fingerprint density at radius 2 is 1.36 bits per heavy atom. The second-order valence-corrected chi connectivity index (χ2v) is 18.3. The molecule has 2 fully saturated rings. The molecular formula is C48H53N2O10P. The van der Waals surface area contributed by atoms with Crippen LogP contribution in [0.3, 0.4) is 0 Å². The van der Waals surface area contributed by atoms with Gasteiger partial charge in [-0.25, -0.2) is 0 Å². The molecule has 1 unspecified atom stereocenters. The van der Waals surface area contributed by atoms with Crippen molar-refractivity contribution in [3.63, 3.8) is 0 Å². The Morgan fingerprint density at radius 1 is 0.770 bits per heavy atom. The first-order valence-electron chi connectivity index (χ1n) is 20.4. The van der Waals surface area contributed by atoms with Crippen LogP contribution in [0, 0.1) is 0 Å². The molecule has 320 valence electrons. The van der Waals surface area contributed by atoms with Gasteiger partial charge in [0.05, 0.1) is 27.4 Å². The van der Waals surface area contributed by atoms with Gasteiger partial charge in [0.25, 0.3) is 5.91 Å². The molecule has 2 saturated heterocycles. The third-order valence-electron chi connectivity index (χ3n) is 10.9. The third-order valence-corrected chi connectivity index (χ3v) is 12.0. The average molecular weight is 849 g/mol. The molecule has 0 bridgehead atoms. The van der Waals surface area contributed by atoms with Crippen molar-refractivity contribution in [2.45, 2.75) is 95.9 Å². The summed E-state index contributed by atoms with van der Waals surface area (Å²) >= 11 is 0. The molecule has 6 atom stereocenters. The number of aromatic nitrogens is 1. The lowest BCUT2D eigenvalue weighted by atomic mass is 9.84. The van der Waals surface area contributed by atoms with Gasteiger partial charge in [0.15, 0.2) is 12.6 Å². The van der Waals surface area contributed by atoms with Crippen LogP contribution in [0.2, 0.25) is 0 Å². The number of nitrogens with one attached hydrogen (secondary N) is 1. The van der Waals surface area contributed by atoms with E-state index < -0.39 is 61.9 Å². The molecule has 4 aromatic carbocycles. The van der Waals surface area contributed by atoms with Crippen LogP contribution < -0.4 is 19.3 Å². The van der Waals surface area contributed by atoms with E-state index in [-0.39, 0.29) is 18.9 Å². The molecule has 1 N–H and O–H groups in total. The molecule has 0 aliphatic carbocycles. The van der Waals surface area contributed by atoms with Crippen molar-refractivity contribution in [1.29, 1.82) is 0 Å². The van der Waals surface area contributed by atoms with Crippen molar-refractivity contribution in [1.82, 2.24) is 10.3 Å². The smallest absolute Gasteiger partial charge is 0.387 e. The molecule has 61 heavy (non-hydrogen) atoms. The van der Waals surface area contributed by atoms with Crippen LogP contribution in [0.5, 0.6) is 11.5 Å². The Bertz CT molecular complexity index is 2420. The minimum atomic E-state index is -2.31. The number of benzene rings is 4. The fraction of sp³-hybridized carbons (Fsp3) is 0.375. The van der Waals surface area contributed by atoms with Crippen molar-refractivity contribution in [3.8, 4) is 11.5 Å². The first kappa shape index (κ1) is 42.5. The Labute approximate surface area is 357 Å². The SMILES string of the molecule is COc1cc(C(C)(C)C)c2op(O[C@@H]3[C@@H](NC(=O)c4ccccn4)[C@@H](OCc4ccccc4)O[C@@H]4COC(c5ccccc5)O[C@@H]34)oc3c(C(C)(C)C)cc(OC)cc3c2c1. The van der Waals surface area contributed by atoms with Crippen LogP contribution >= 0.6 is 8.24 Å². The predicted molar refractivity (Wildman–Crippen MR) is 233 cm³/mol. The lowest BCUT2D eigenvalue weighted by Gasteiger charge is -2.48. The molecule has 0 saturated carbocycles. The van der Waals surface area contributed by atoms with Gasteiger partial charge in [-0.3, -0.25) is 14.3 Å². The number of hydrogen-bond acceptors (Lipinski definition) is 11. The summed E-state index contributed by atoms with van der Waals surface area (Å²) in [4.78, 5) is 18.5. The molecule has 8 rings (SSSR count). The van der Waals surface area contributed by atoms with E-state index in [1.165, 1.54) is 0 Å². The van der Waals surface area contributed by atoms with E-state index in [2.05, 4.69) is 51.8 Å². The van der Waals surface area contributed by atoms with Gasteiger partial charge in [-0.05, 0) is 52.8 Å². The number of nitrogens with zero attached hydrogens (tertiary/aromatic N) is 1. The van der Waals surface area contributed by atoms with Crippen LogP contribution in [0.1, 0.15) is 80.6 Å². The largest absolute Gasteiger partial charge is 0.497 e. The molecular weight excluding hydrogens is 796 g/mol. The quantitative estimate of drug-likeness (QED) is 0.141. The molecule has 2 aliphatic rings. The number of ether oxygens (including phenoxy) is 6. The number of carbonyl (C=O) groups excluding carboxylic acids is 1. The van der Waals surface area contributed by atoms with Gasteiger partial charge in [-0.2, -0.15) is 0 Å². The van der Waals surface area contributed by atoms with Gasteiger partial charge in [0.1, 0.15) is 52.7 Å². The number of fused-ring (bicyclic) bond motifs is 4. The summed E-state index contributed by atoms with van der Waals surface area (Å²) in [5, 5.41) is 4.70. The normalized spacial score (nSPS) is 21.8. The molecule has 12 nitrogen and oxygen atoms in total. The predicted octanol–water partition coefficient (Wildman–Crippen LogP) is 9.95. The molecule has 4 heterocycles. The number of rotatable bonds is 10. The Morgan fingerprint density at radius 3 is 1.92 bits per heavy atom. The first-order valence-corrected chi connectivity index (χ1v) is 21.5. The van der Waals surface area contributed by atoms with Crippen LogP contribution in [0.15, 0.2) is 118 Å². The first-order chi connectivity index (χ1) is 29.3. The molecule has 2 aliphatic heterocycles. The summed E-state index contributed by atoms with van der Waals surface area (Å²) < 4.78 is 59.5. The zero-order chi connectivity index (χ0) is 42.9. The standard InChI is InChI=1S/C48H53N2O10P/c1-47(2,3)35-25-31(52-7)23-33-34-24-32(53-8)26-36(48(4,5)6)41(34)59-61(58-40(33)35)60-43-39(50-44(51)37-21-15-16-22-49-37)46(54-27-29-17-11-9-12-18-29)56-38-28-55-45(57-42(38)43)30-19-13-10-14-20-30/h9-26,38-39,42-43,45-46H,27-28H2,1-8H3,(H,50,51)/t38-,39-,42-,43-,45?,46+/m1/s1. The summed E-state index contributed by atoms with van der Waals surface area (Å²) in [6.07, 6.45) is -2.63. The summed E-state index contributed by atoms with van der Waals surface area (Å²) in [6.45, 7) is 13.1. The molecule has 13 heteroatoms. The molecule has 0 radical (unpaired) electrons. The molecule has 1 amide bonds. The van der Waals surface area contributed by atoms with Crippen molar-refractivity contribution in [2.75, 3.05) is 20.8 Å². The van der Waals surface area contributed by atoms with E-state index >= 15 is 0 Å². The monoisotopic (exact) mass is 848 g/mol. The van der Waals surface area contributed by atoms with Crippen LogP contribution in [0.4, 0.5) is 0 Å². The molecule has 0 spiro atoms. The summed E-state index contributed by atoms with van der Waals surface area (Å²) in [6, 6.07) is 31.5. The highest BCUT2D eigenvalue weighted by Gasteiger charge is 2.53. The van der Waals surface area contributed by atoms with E-state index in [1.54, 1.807) is 38.6 Å². The number of carbonyl (C=O) groups is 1. The molecule has 6 aromatic rings. The van der Waals surface area contributed by atoms with Crippen molar-refractivity contribution < 1.29 is 46.1 Å². The average Bonchev–Trinajstić information content (AvgIpc) is 3.41. The van der Waals surface area contributed by atoms with Crippen LogP contribution in [-0.4, -0.2) is 62.4 Å².